The molecule has 0 rings (SSSR count). The van der Waals surface area contributed by atoms with Gasteiger partial charge in [0.1, 0.15) is 24.4 Å². The van der Waals surface area contributed by atoms with Crippen molar-refractivity contribution < 1.29 is 28.7 Å². The third kappa shape index (κ3) is 11.1. The number of methoxy groups -OCH3 is 1. The maximum Gasteiger partial charge on any atom is 0.313 e. The molecule has 0 amide bonds. The largest absolute Gasteiger partial charge is 0.469 e. The Kier molecular flexibility index (Phi) is 9.30. The van der Waals surface area contributed by atoms with Crippen molar-refractivity contribution in [3.63, 3.8) is 0 Å². The van der Waals surface area contributed by atoms with Crippen molar-refractivity contribution in [2.24, 2.45) is 0 Å². The highest BCUT2D eigenvalue weighted by atomic mass is 16.5. The highest BCUT2D eigenvalue weighted by Crippen LogP contribution is 2.04. The van der Waals surface area contributed by atoms with E-state index < -0.39 is 11.9 Å². The molecular weight excluding hydrogens is 252 g/mol. The molecule has 0 aromatic carbocycles. The van der Waals surface area contributed by atoms with Crippen LogP contribution in [0.4, 0.5) is 0 Å². The van der Waals surface area contributed by atoms with E-state index in [9.17, 15) is 19.2 Å². The predicted octanol–water partition coefficient (Wildman–Crippen LogP) is 1.20. The topological polar surface area (TPSA) is 86.7 Å². The molecule has 0 aromatic rings. The van der Waals surface area contributed by atoms with Crippen molar-refractivity contribution in [1.82, 2.24) is 0 Å². The fraction of sp³-hybridized carbons (Fsp3) is 0.692. The minimum absolute atomic E-state index is 0.152. The van der Waals surface area contributed by atoms with Gasteiger partial charge in [-0.2, -0.15) is 0 Å². The van der Waals surface area contributed by atoms with Gasteiger partial charge in [0.05, 0.1) is 13.7 Å². The molecular formula is C13H20O6. The van der Waals surface area contributed by atoms with Crippen LogP contribution in [0.2, 0.25) is 0 Å². The monoisotopic (exact) mass is 272 g/mol. The minimum atomic E-state index is -0.525. The normalized spacial score (nSPS) is 9.79. The first-order valence-electron chi connectivity index (χ1n) is 6.19. The van der Waals surface area contributed by atoms with Gasteiger partial charge in [-0.05, 0) is 26.2 Å². The van der Waals surface area contributed by atoms with Gasteiger partial charge in [-0.3, -0.25) is 19.2 Å². The molecule has 108 valence electrons. The van der Waals surface area contributed by atoms with E-state index in [-0.39, 0.29) is 31.0 Å². The summed E-state index contributed by atoms with van der Waals surface area (Å²) >= 11 is 0. The van der Waals surface area contributed by atoms with Gasteiger partial charge in [0, 0.05) is 6.42 Å². The molecule has 0 saturated heterocycles. The van der Waals surface area contributed by atoms with E-state index in [0.29, 0.717) is 19.3 Å². The molecule has 0 spiro atoms. The van der Waals surface area contributed by atoms with Gasteiger partial charge in [0.25, 0.3) is 0 Å². The summed E-state index contributed by atoms with van der Waals surface area (Å²) < 4.78 is 9.20. The molecule has 0 aromatic heterocycles. The molecule has 0 bridgehead atoms. The van der Waals surface area contributed by atoms with Crippen LogP contribution in [0.15, 0.2) is 0 Å². The number of rotatable bonds is 10. The molecule has 0 fully saturated rings. The van der Waals surface area contributed by atoms with Crippen LogP contribution in [0.5, 0.6) is 0 Å². The Morgan fingerprint density at radius 3 is 2.16 bits per heavy atom. The Labute approximate surface area is 112 Å². The maximum absolute atomic E-state index is 11.3. The van der Waals surface area contributed by atoms with Crippen LogP contribution in [0, 0.1) is 0 Å². The number of carbonyl (C=O) groups excluding carboxylic acids is 4. The SMILES string of the molecule is COC(=O)CC(=O)CCCCCOC(=O)CC(C)=O. The Hall–Kier alpha value is -1.72. The first-order chi connectivity index (χ1) is 8.95. The molecule has 6 heteroatoms. The molecule has 6 nitrogen and oxygen atoms in total. The van der Waals surface area contributed by atoms with Crippen molar-refractivity contribution >= 4 is 23.5 Å². The fourth-order valence-electron chi connectivity index (χ4n) is 1.36. The summed E-state index contributed by atoms with van der Waals surface area (Å²) in [7, 11) is 1.24. The Balaban J connectivity index is 3.45. The van der Waals surface area contributed by atoms with Gasteiger partial charge in [-0.25, -0.2) is 0 Å². The summed E-state index contributed by atoms with van der Waals surface area (Å²) in [6.45, 7) is 1.57. The van der Waals surface area contributed by atoms with E-state index in [0.717, 1.165) is 6.42 Å². The van der Waals surface area contributed by atoms with Gasteiger partial charge in [0.15, 0.2) is 0 Å². The Morgan fingerprint density at radius 2 is 1.58 bits per heavy atom. The summed E-state index contributed by atoms with van der Waals surface area (Å²) in [6.07, 6.45) is 1.92. The van der Waals surface area contributed by atoms with Crippen molar-refractivity contribution in [3.05, 3.63) is 0 Å². The van der Waals surface area contributed by atoms with Gasteiger partial charge in [0.2, 0.25) is 0 Å². The fourth-order valence-corrected chi connectivity index (χ4v) is 1.36. The average Bonchev–Trinajstić information content (AvgIpc) is 2.32. The molecule has 0 unspecified atom stereocenters. The smallest absolute Gasteiger partial charge is 0.313 e. The van der Waals surface area contributed by atoms with Crippen LogP contribution in [0.25, 0.3) is 0 Å². The average molecular weight is 272 g/mol. The van der Waals surface area contributed by atoms with Crippen LogP contribution >= 0.6 is 0 Å². The molecule has 0 aliphatic rings. The third-order valence-electron chi connectivity index (χ3n) is 2.33. The second-order valence-electron chi connectivity index (χ2n) is 4.20. The zero-order valence-electron chi connectivity index (χ0n) is 11.4. The third-order valence-corrected chi connectivity index (χ3v) is 2.33. The van der Waals surface area contributed by atoms with Crippen LogP contribution in [-0.2, 0) is 28.7 Å². The van der Waals surface area contributed by atoms with Gasteiger partial charge >= 0.3 is 11.9 Å². The molecule has 0 atom stereocenters. The van der Waals surface area contributed by atoms with E-state index in [1.54, 1.807) is 0 Å². The van der Waals surface area contributed by atoms with Crippen LogP contribution in [-0.4, -0.2) is 37.2 Å². The molecule has 0 N–H and O–H groups in total. The summed E-state index contributed by atoms with van der Waals surface area (Å²) in [5.41, 5.74) is 0. The van der Waals surface area contributed by atoms with Crippen LogP contribution < -0.4 is 0 Å². The lowest BCUT2D eigenvalue weighted by molar-refractivity contribution is -0.146. The summed E-state index contributed by atoms with van der Waals surface area (Å²) in [5, 5.41) is 0. The number of hydrogen-bond donors (Lipinski definition) is 0. The first kappa shape index (κ1) is 17.3. The zero-order chi connectivity index (χ0) is 14.7. The molecule has 0 aliphatic carbocycles. The van der Waals surface area contributed by atoms with E-state index in [2.05, 4.69) is 4.74 Å². The second-order valence-corrected chi connectivity index (χ2v) is 4.20. The number of ether oxygens (including phenoxy) is 2. The minimum Gasteiger partial charge on any atom is -0.469 e. The van der Waals surface area contributed by atoms with Gasteiger partial charge in [-0.1, -0.05) is 0 Å². The summed E-state index contributed by atoms with van der Waals surface area (Å²) in [5.74, 6) is -1.42. The number of Topliss-reactive ketones (excluding diaryl/α,β-unsaturated/α-hetero) is 2. The second kappa shape index (κ2) is 10.2. The number of unbranched alkanes of at least 4 members (excludes halogenated alkanes) is 2. The highest BCUT2D eigenvalue weighted by molar-refractivity contribution is 5.95. The lowest BCUT2D eigenvalue weighted by atomic mass is 10.1. The standard InChI is InChI=1S/C13H20O6/c1-10(14)8-13(17)19-7-5-3-4-6-11(15)9-12(16)18-2/h3-9H2,1-2H3. The number of hydrogen-bond acceptors (Lipinski definition) is 6. The van der Waals surface area contributed by atoms with E-state index in [4.69, 9.17) is 4.74 Å². The van der Waals surface area contributed by atoms with Crippen molar-refractivity contribution in [1.29, 1.82) is 0 Å². The van der Waals surface area contributed by atoms with Gasteiger partial charge in [-0.15, -0.1) is 0 Å². The predicted molar refractivity (Wildman–Crippen MR) is 66.4 cm³/mol. The van der Waals surface area contributed by atoms with Crippen molar-refractivity contribution in [3.8, 4) is 0 Å². The summed E-state index contributed by atoms with van der Waals surface area (Å²) in [4.78, 5) is 43.6. The molecule has 0 saturated carbocycles. The quantitative estimate of drug-likeness (QED) is 0.337. The summed E-state index contributed by atoms with van der Waals surface area (Å²) in [6, 6.07) is 0. The van der Waals surface area contributed by atoms with Gasteiger partial charge < -0.3 is 9.47 Å². The highest BCUT2D eigenvalue weighted by Gasteiger charge is 2.09. The Morgan fingerprint density at radius 1 is 0.895 bits per heavy atom. The zero-order valence-corrected chi connectivity index (χ0v) is 11.4. The maximum atomic E-state index is 11.3. The van der Waals surface area contributed by atoms with Crippen LogP contribution in [0.3, 0.4) is 0 Å². The molecule has 19 heavy (non-hydrogen) atoms. The molecule has 0 aliphatic heterocycles. The van der Waals surface area contributed by atoms with E-state index >= 15 is 0 Å². The lowest BCUT2D eigenvalue weighted by Crippen LogP contribution is -2.10. The number of carbonyl (C=O) groups is 4. The van der Waals surface area contributed by atoms with Crippen molar-refractivity contribution in [2.75, 3.05) is 13.7 Å². The molecule has 0 radical (unpaired) electrons. The van der Waals surface area contributed by atoms with E-state index in [1.165, 1.54) is 14.0 Å². The Bertz CT molecular complexity index is 334. The number of esters is 2. The number of ketones is 2. The van der Waals surface area contributed by atoms with Crippen LogP contribution in [0.1, 0.15) is 45.4 Å². The van der Waals surface area contributed by atoms with Crippen molar-refractivity contribution in [2.45, 2.75) is 45.4 Å². The first-order valence-corrected chi connectivity index (χ1v) is 6.19. The lowest BCUT2D eigenvalue weighted by Gasteiger charge is -2.03. The molecule has 0 heterocycles. The van der Waals surface area contributed by atoms with E-state index in [1.807, 2.05) is 0 Å².